The fourth-order valence-electron chi connectivity index (χ4n) is 1.80. The Labute approximate surface area is 104 Å². The van der Waals surface area contributed by atoms with Crippen LogP contribution in [-0.4, -0.2) is 18.1 Å². The Morgan fingerprint density at radius 3 is 2.71 bits per heavy atom. The van der Waals surface area contributed by atoms with Gasteiger partial charge in [-0.1, -0.05) is 26.3 Å². The van der Waals surface area contributed by atoms with E-state index in [9.17, 15) is 0 Å². The molecular weight excluding hydrogens is 214 g/mol. The van der Waals surface area contributed by atoms with Crippen molar-refractivity contribution in [2.45, 2.75) is 39.2 Å². The lowest BCUT2D eigenvalue weighted by atomic mass is 9.95. The van der Waals surface area contributed by atoms with Crippen molar-refractivity contribution < 1.29 is 4.74 Å². The van der Waals surface area contributed by atoms with Gasteiger partial charge in [0.25, 0.3) is 0 Å². The highest BCUT2D eigenvalue weighted by atomic mass is 16.5. The molecular formula is C13H23N3O. The van der Waals surface area contributed by atoms with Crippen LogP contribution in [0.1, 0.15) is 32.3 Å². The highest BCUT2D eigenvalue weighted by Crippen LogP contribution is 2.14. The maximum atomic E-state index is 5.58. The third kappa shape index (κ3) is 4.71. The normalized spacial score (nSPS) is 14.4. The lowest BCUT2D eigenvalue weighted by molar-refractivity contribution is 0.391. The summed E-state index contributed by atoms with van der Waals surface area (Å²) in [4.78, 5) is 4.19. The van der Waals surface area contributed by atoms with Crippen LogP contribution in [0.15, 0.2) is 18.3 Å². The molecule has 3 N–H and O–H groups in total. The first-order chi connectivity index (χ1) is 8.19. The monoisotopic (exact) mass is 237 g/mol. The van der Waals surface area contributed by atoms with E-state index in [0.717, 1.165) is 12.8 Å². The highest BCUT2D eigenvalue weighted by molar-refractivity contribution is 5.18. The minimum Gasteiger partial charge on any atom is -0.481 e. The van der Waals surface area contributed by atoms with E-state index < -0.39 is 0 Å². The molecule has 1 aromatic heterocycles. The van der Waals surface area contributed by atoms with Gasteiger partial charge in [-0.3, -0.25) is 11.3 Å². The van der Waals surface area contributed by atoms with Gasteiger partial charge >= 0.3 is 0 Å². The fourth-order valence-corrected chi connectivity index (χ4v) is 1.80. The van der Waals surface area contributed by atoms with Crippen molar-refractivity contribution in [3.63, 3.8) is 0 Å². The van der Waals surface area contributed by atoms with Crippen LogP contribution in [0.3, 0.4) is 0 Å². The maximum Gasteiger partial charge on any atom is 0.212 e. The molecule has 0 aromatic carbocycles. The molecule has 96 valence electrons. The minimum absolute atomic E-state index is 0.306. The third-order valence-corrected chi connectivity index (χ3v) is 3.11. The molecule has 0 amide bonds. The Bertz CT molecular complexity index is 313. The number of methoxy groups -OCH3 is 1. The Balaban J connectivity index is 2.54. The van der Waals surface area contributed by atoms with Crippen molar-refractivity contribution in [2.24, 2.45) is 11.8 Å². The molecule has 1 rings (SSSR count). The number of rotatable bonds is 7. The predicted molar refractivity (Wildman–Crippen MR) is 69.7 cm³/mol. The van der Waals surface area contributed by atoms with Gasteiger partial charge in [0.05, 0.1) is 7.11 Å². The topological polar surface area (TPSA) is 60.2 Å². The van der Waals surface area contributed by atoms with Gasteiger partial charge in [-0.2, -0.15) is 0 Å². The highest BCUT2D eigenvalue weighted by Gasteiger charge is 2.11. The van der Waals surface area contributed by atoms with Crippen molar-refractivity contribution >= 4 is 0 Å². The van der Waals surface area contributed by atoms with E-state index in [-0.39, 0.29) is 0 Å². The summed E-state index contributed by atoms with van der Waals surface area (Å²) in [5.74, 6) is 6.91. The summed E-state index contributed by atoms with van der Waals surface area (Å²) >= 11 is 0. The molecule has 0 spiro atoms. The average molecular weight is 237 g/mol. The number of aromatic nitrogens is 1. The minimum atomic E-state index is 0.306. The lowest BCUT2D eigenvalue weighted by Crippen LogP contribution is -2.38. The number of pyridine rings is 1. The fraction of sp³-hybridized carbons (Fsp3) is 0.615. The van der Waals surface area contributed by atoms with Crippen LogP contribution >= 0.6 is 0 Å². The van der Waals surface area contributed by atoms with E-state index in [0.29, 0.717) is 17.8 Å². The van der Waals surface area contributed by atoms with Gasteiger partial charge in [0.2, 0.25) is 5.88 Å². The molecule has 0 aliphatic heterocycles. The van der Waals surface area contributed by atoms with Crippen LogP contribution in [0.25, 0.3) is 0 Å². The van der Waals surface area contributed by atoms with Gasteiger partial charge in [-0.15, -0.1) is 0 Å². The number of hydrazine groups is 1. The first kappa shape index (κ1) is 13.9. The van der Waals surface area contributed by atoms with E-state index in [2.05, 4.69) is 24.3 Å². The molecule has 4 heteroatoms. The predicted octanol–water partition coefficient (Wildman–Crippen LogP) is 1.90. The summed E-state index contributed by atoms with van der Waals surface area (Å²) < 4.78 is 5.03. The number of ether oxygens (including phenoxy) is 1. The standard InChI is InChI=1S/C13H23N3O/c1-4-10(2)7-12(16-14)8-11-5-6-13(17-3)15-9-11/h5-6,9-10,12,16H,4,7-8,14H2,1-3H3. The van der Waals surface area contributed by atoms with E-state index in [1.807, 2.05) is 18.3 Å². The van der Waals surface area contributed by atoms with Crippen LogP contribution in [0.4, 0.5) is 0 Å². The van der Waals surface area contributed by atoms with Crippen molar-refractivity contribution in [1.29, 1.82) is 0 Å². The number of hydrogen-bond donors (Lipinski definition) is 2. The number of nitrogens with two attached hydrogens (primary N) is 1. The van der Waals surface area contributed by atoms with E-state index in [1.165, 1.54) is 12.0 Å². The summed E-state index contributed by atoms with van der Waals surface area (Å²) in [6, 6.07) is 4.22. The summed E-state index contributed by atoms with van der Waals surface area (Å²) in [6.45, 7) is 4.45. The van der Waals surface area contributed by atoms with Crippen molar-refractivity contribution in [3.8, 4) is 5.88 Å². The number of nitrogens with zero attached hydrogens (tertiary/aromatic N) is 1. The first-order valence-electron chi connectivity index (χ1n) is 6.14. The van der Waals surface area contributed by atoms with E-state index in [4.69, 9.17) is 10.6 Å². The van der Waals surface area contributed by atoms with Gasteiger partial charge in [0, 0.05) is 18.3 Å². The lowest BCUT2D eigenvalue weighted by Gasteiger charge is -2.19. The first-order valence-corrected chi connectivity index (χ1v) is 6.14. The zero-order chi connectivity index (χ0) is 12.7. The second-order valence-corrected chi connectivity index (χ2v) is 4.53. The van der Waals surface area contributed by atoms with Crippen LogP contribution in [-0.2, 0) is 6.42 Å². The van der Waals surface area contributed by atoms with Gasteiger partial charge in [0.1, 0.15) is 0 Å². The molecule has 0 aliphatic rings. The molecule has 0 fully saturated rings. The molecule has 2 atom stereocenters. The zero-order valence-electron chi connectivity index (χ0n) is 10.9. The van der Waals surface area contributed by atoms with Gasteiger partial charge in [-0.05, 0) is 24.3 Å². The molecule has 0 bridgehead atoms. The summed E-state index contributed by atoms with van der Waals surface area (Å²) in [7, 11) is 1.62. The molecule has 0 aliphatic carbocycles. The molecule has 17 heavy (non-hydrogen) atoms. The quantitative estimate of drug-likeness (QED) is 0.561. The van der Waals surface area contributed by atoms with Crippen LogP contribution < -0.4 is 16.0 Å². The molecule has 4 nitrogen and oxygen atoms in total. The Morgan fingerprint density at radius 1 is 1.47 bits per heavy atom. The summed E-state index contributed by atoms with van der Waals surface area (Å²) in [5.41, 5.74) is 4.06. The Hall–Kier alpha value is -1.13. The van der Waals surface area contributed by atoms with Crippen molar-refractivity contribution in [1.82, 2.24) is 10.4 Å². The molecule has 1 heterocycles. The molecule has 0 saturated heterocycles. The van der Waals surface area contributed by atoms with E-state index >= 15 is 0 Å². The molecule has 2 unspecified atom stereocenters. The molecule has 0 radical (unpaired) electrons. The van der Waals surface area contributed by atoms with Crippen LogP contribution in [0, 0.1) is 5.92 Å². The number of hydrogen-bond acceptors (Lipinski definition) is 4. The molecule has 1 aromatic rings. The summed E-state index contributed by atoms with van der Waals surface area (Å²) in [5, 5.41) is 0. The van der Waals surface area contributed by atoms with Crippen molar-refractivity contribution in [3.05, 3.63) is 23.9 Å². The largest absolute Gasteiger partial charge is 0.481 e. The average Bonchev–Trinajstić information content (AvgIpc) is 2.38. The maximum absolute atomic E-state index is 5.58. The Kier molecular flexibility index (Phi) is 5.94. The van der Waals surface area contributed by atoms with Gasteiger partial charge < -0.3 is 4.74 Å². The Morgan fingerprint density at radius 2 is 2.24 bits per heavy atom. The smallest absolute Gasteiger partial charge is 0.212 e. The van der Waals surface area contributed by atoms with Crippen LogP contribution in [0.5, 0.6) is 5.88 Å². The van der Waals surface area contributed by atoms with Gasteiger partial charge in [0.15, 0.2) is 0 Å². The molecule has 0 saturated carbocycles. The van der Waals surface area contributed by atoms with Crippen LogP contribution in [0.2, 0.25) is 0 Å². The zero-order valence-corrected chi connectivity index (χ0v) is 10.9. The van der Waals surface area contributed by atoms with E-state index in [1.54, 1.807) is 7.11 Å². The van der Waals surface area contributed by atoms with Gasteiger partial charge in [-0.25, -0.2) is 4.98 Å². The van der Waals surface area contributed by atoms with Crippen molar-refractivity contribution in [2.75, 3.05) is 7.11 Å². The number of nitrogens with one attached hydrogen (secondary N) is 1. The SMILES string of the molecule is CCC(C)CC(Cc1ccc(OC)nc1)NN. The third-order valence-electron chi connectivity index (χ3n) is 3.11. The summed E-state index contributed by atoms with van der Waals surface area (Å²) in [6.07, 6.45) is 5.01. The second-order valence-electron chi connectivity index (χ2n) is 4.53. The second kappa shape index (κ2) is 7.25.